The molecule has 1 nitrogen and oxygen atoms in total. The van der Waals surface area contributed by atoms with Gasteiger partial charge in [-0.15, -0.1) is 0 Å². The van der Waals surface area contributed by atoms with Crippen LogP contribution in [0.2, 0.25) is 0 Å². The van der Waals surface area contributed by atoms with Crippen LogP contribution in [0, 0.1) is 11.6 Å². The molecule has 1 N–H and O–H groups in total. The first-order valence-electron chi connectivity index (χ1n) is 7.04. The van der Waals surface area contributed by atoms with Crippen molar-refractivity contribution in [2.24, 2.45) is 0 Å². The maximum Gasteiger partial charge on any atom is 0.159 e. The summed E-state index contributed by atoms with van der Waals surface area (Å²) >= 11 is 3.44. The van der Waals surface area contributed by atoms with Crippen LogP contribution in [0.4, 0.5) is 8.78 Å². The second kappa shape index (κ2) is 6.24. The molecule has 0 radical (unpaired) electrons. The molecule has 2 aromatic carbocycles. The summed E-state index contributed by atoms with van der Waals surface area (Å²) in [6, 6.07) is 12.9. The van der Waals surface area contributed by atoms with Gasteiger partial charge in [-0.2, -0.15) is 0 Å². The summed E-state index contributed by atoms with van der Waals surface area (Å²) in [5.74, 6) is -0.978. The van der Waals surface area contributed by atoms with Gasteiger partial charge in [-0.3, -0.25) is 0 Å². The topological polar surface area (TPSA) is 12.0 Å². The Balaban J connectivity index is 1.48. The Bertz CT molecular complexity index is 621. The maximum absolute atomic E-state index is 13.1. The minimum atomic E-state index is -0.794. The van der Waals surface area contributed by atoms with E-state index < -0.39 is 11.6 Å². The molecule has 0 heterocycles. The van der Waals surface area contributed by atoms with Crippen LogP contribution in [-0.4, -0.2) is 6.04 Å². The lowest BCUT2D eigenvalue weighted by Crippen LogP contribution is -2.39. The molecule has 1 fully saturated rings. The van der Waals surface area contributed by atoms with Gasteiger partial charge in [0.05, 0.1) is 0 Å². The normalized spacial score (nSPS) is 21.1. The summed E-state index contributed by atoms with van der Waals surface area (Å²) in [5, 5.41) is 3.39. The molecule has 0 saturated heterocycles. The molecule has 2 aromatic rings. The lowest BCUT2D eigenvalue weighted by atomic mass is 9.76. The first-order chi connectivity index (χ1) is 10.1. The van der Waals surface area contributed by atoms with E-state index in [-0.39, 0.29) is 0 Å². The molecule has 3 rings (SSSR count). The third-order valence-corrected chi connectivity index (χ3v) is 4.59. The number of halogens is 3. The molecule has 0 aliphatic heterocycles. The van der Waals surface area contributed by atoms with Crippen molar-refractivity contribution in [2.75, 3.05) is 0 Å². The summed E-state index contributed by atoms with van der Waals surface area (Å²) in [4.78, 5) is 0. The van der Waals surface area contributed by atoms with Gasteiger partial charge in [0.2, 0.25) is 0 Å². The predicted molar refractivity (Wildman–Crippen MR) is 83.1 cm³/mol. The summed E-state index contributed by atoms with van der Waals surface area (Å²) in [7, 11) is 0. The van der Waals surface area contributed by atoms with Gasteiger partial charge in [-0.1, -0.05) is 34.1 Å². The summed E-state index contributed by atoms with van der Waals surface area (Å²) < 4.78 is 27.0. The molecule has 110 valence electrons. The van der Waals surface area contributed by atoms with Gasteiger partial charge in [0, 0.05) is 17.1 Å². The Hall–Kier alpha value is -1.26. The Morgan fingerprint density at radius 2 is 1.71 bits per heavy atom. The van der Waals surface area contributed by atoms with Gasteiger partial charge >= 0.3 is 0 Å². The van der Waals surface area contributed by atoms with Gasteiger partial charge in [-0.25, -0.2) is 8.78 Å². The summed E-state index contributed by atoms with van der Waals surface area (Å²) in [5.41, 5.74) is 2.14. The molecule has 0 amide bonds. The quantitative estimate of drug-likeness (QED) is 0.836. The van der Waals surface area contributed by atoms with Crippen molar-refractivity contribution < 1.29 is 8.78 Å². The molecule has 4 heteroatoms. The van der Waals surface area contributed by atoms with Crippen LogP contribution in [0.25, 0.3) is 0 Å². The minimum Gasteiger partial charge on any atom is -0.310 e. The lowest BCUT2D eigenvalue weighted by molar-refractivity contribution is 0.289. The molecule has 1 aliphatic rings. The highest BCUT2D eigenvalue weighted by atomic mass is 79.9. The highest BCUT2D eigenvalue weighted by Gasteiger charge is 2.29. The van der Waals surface area contributed by atoms with Crippen LogP contribution in [0.3, 0.4) is 0 Å². The molecule has 0 atom stereocenters. The maximum atomic E-state index is 13.1. The standard InChI is InChI=1S/C17H16BrF2N/c18-14-4-2-12(3-5-14)13-8-15(9-13)21-10-11-1-6-16(19)17(20)7-11/h1-7,13,15,21H,8-10H2. The molecule has 0 unspecified atom stereocenters. The SMILES string of the molecule is Fc1ccc(CNC2CC(c3ccc(Br)cc3)C2)cc1F. The van der Waals surface area contributed by atoms with Crippen LogP contribution in [0.5, 0.6) is 0 Å². The van der Waals surface area contributed by atoms with Gasteiger partial charge in [0.25, 0.3) is 0 Å². The van der Waals surface area contributed by atoms with Crippen LogP contribution in [-0.2, 0) is 6.54 Å². The monoisotopic (exact) mass is 351 g/mol. The van der Waals surface area contributed by atoms with Gasteiger partial charge in [0.15, 0.2) is 11.6 Å². The van der Waals surface area contributed by atoms with E-state index in [4.69, 9.17) is 0 Å². The van der Waals surface area contributed by atoms with Crippen LogP contribution < -0.4 is 5.32 Å². The zero-order chi connectivity index (χ0) is 14.8. The van der Waals surface area contributed by atoms with Crippen LogP contribution in [0.15, 0.2) is 46.9 Å². The van der Waals surface area contributed by atoms with Crippen molar-refractivity contribution in [3.8, 4) is 0 Å². The first-order valence-corrected chi connectivity index (χ1v) is 7.84. The Kier molecular flexibility index (Phi) is 4.36. The second-order valence-corrected chi connectivity index (χ2v) is 6.46. The predicted octanol–water partition coefficient (Wildman–Crippen LogP) is 4.76. The average Bonchev–Trinajstić information content (AvgIpc) is 2.43. The molecular weight excluding hydrogens is 336 g/mol. The first kappa shape index (κ1) is 14.7. The van der Waals surface area contributed by atoms with Crippen molar-refractivity contribution in [3.05, 3.63) is 69.7 Å². The van der Waals surface area contributed by atoms with E-state index in [9.17, 15) is 8.78 Å². The third kappa shape index (κ3) is 3.50. The Morgan fingerprint density at radius 3 is 2.38 bits per heavy atom. The largest absolute Gasteiger partial charge is 0.310 e. The van der Waals surface area contributed by atoms with Crippen molar-refractivity contribution in [2.45, 2.75) is 31.3 Å². The highest BCUT2D eigenvalue weighted by molar-refractivity contribution is 9.10. The molecule has 0 spiro atoms. The molecule has 21 heavy (non-hydrogen) atoms. The van der Waals surface area contributed by atoms with Crippen molar-refractivity contribution >= 4 is 15.9 Å². The fourth-order valence-electron chi connectivity index (χ4n) is 2.70. The van der Waals surface area contributed by atoms with E-state index in [1.54, 1.807) is 6.07 Å². The summed E-state index contributed by atoms with van der Waals surface area (Å²) in [6.07, 6.45) is 2.18. The average molecular weight is 352 g/mol. The van der Waals surface area contributed by atoms with E-state index >= 15 is 0 Å². The molecule has 0 bridgehead atoms. The zero-order valence-corrected chi connectivity index (χ0v) is 13.0. The highest BCUT2D eigenvalue weighted by Crippen LogP contribution is 2.37. The summed E-state index contributed by atoms with van der Waals surface area (Å²) in [6.45, 7) is 0.578. The van der Waals surface area contributed by atoms with Gasteiger partial charge in [0.1, 0.15) is 0 Å². The van der Waals surface area contributed by atoms with E-state index in [2.05, 4.69) is 45.5 Å². The number of nitrogens with one attached hydrogen (secondary N) is 1. The fourth-order valence-corrected chi connectivity index (χ4v) is 2.97. The molecule has 0 aromatic heterocycles. The molecule has 1 aliphatic carbocycles. The van der Waals surface area contributed by atoms with E-state index in [1.165, 1.54) is 17.7 Å². The second-order valence-electron chi connectivity index (χ2n) is 5.55. The van der Waals surface area contributed by atoms with E-state index in [0.717, 1.165) is 22.9 Å². The van der Waals surface area contributed by atoms with Gasteiger partial charge in [-0.05, 0) is 54.2 Å². The van der Waals surface area contributed by atoms with E-state index in [0.29, 0.717) is 18.5 Å². The Labute approximate surface area is 131 Å². The zero-order valence-electron chi connectivity index (χ0n) is 11.5. The number of rotatable bonds is 4. The third-order valence-electron chi connectivity index (χ3n) is 4.06. The number of benzene rings is 2. The molecular formula is C17H16BrF2N. The van der Waals surface area contributed by atoms with Crippen molar-refractivity contribution in [3.63, 3.8) is 0 Å². The number of hydrogen-bond donors (Lipinski definition) is 1. The number of hydrogen-bond acceptors (Lipinski definition) is 1. The smallest absolute Gasteiger partial charge is 0.159 e. The van der Waals surface area contributed by atoms with Crippen molar-refractivity contribution in [1.82, 2.24) is 5.32 Å². The van der Waals surface area contributed by atoms with Gasteiger partial charge < -0.3 is 5.32 Å². The minimum absolute atomic E-state index is 0.451. The van der Waals surface area contributed by atoms with Crippen LogP contribution in [0.1, 0.15) is 29.9 Å². The molecule has 1 saturated carbocycles. The fraction of sp³-hybridized carbons (Fsp3) is 0.294. The van der Waals surface area contributed by atoms with Crippen molar-refractivity contribution in [1.29, 1.82) is 0 Å². The van der Waals surface area contributed by atoms with E-state index in [1.807, 2.05) is 0 Å². The van der Waals surface area contributed by atoms with Crippen LogP contribution >= 0.6 is 15.9 Å². The lowest BCUT2D eigenvalue weighted by Gasteiger charge is -2.36. The Morgan fingerprint density at radius 1 is 1.00 bits per heavy atom.